The molecule has 104 valence electrons. The molecule has 0 spiro atoms. The van der Waals surface area contributed by atoms with E-state index < -0.39 is 5.97 Å². The summed E-state index contributed by atoms with van der Waals surface area (Å²) in [4.78, 5) is 23.5. The maximum Gasteiger partial charge on any atom is 0.337 e. The number of methoxy groups -OCH3 is 2. The van der Waals surface area contributed by atoms with Gasteiger partial charge in [0.05, 0.1) is 38.0 Å². The van der Waals surface area contributed by atoms with Gasteiger partial charge in [-0.25, -0.2) is 4.79 Å². The highest BCUT2D eigenvalue weighted by Gasteiger charge is 2.14. The minimum absolute atomic E-state index is 0.123. The van der Waals surface area contributed by atoms with Gasteiger partial charge in [0, 0.05) is 6.20 Å². The lowest BCUT2D eigenvalue weighted by Gasteiger charge is -2.07. The Bertz CT molecular complexity index is 609. The number of rotatable bonds is 5. The molecule has 2 heterocycles. The second-order valence-corrected chi connectivity index (χ2v) is 3.85. The first kappa shape index (κ1) is 13.7. The number of carboxylic acids is 1. The number of aromatic carboxylic acids is 1. The molecule has 1 N–H and O–H groups in total. The Balaban J connectivity index is 2.37. The van der Waals surface area contributed by atoms with E-state index in [1.165, 1.54) is 26.5 Å². The lowest BCUT2D eigenvalue weighted by atomic mass is 10.1. The van der Waals surface area contributed by atoms with Crippen LogP contribution in [0.25, 0.3) is 0 Å². The van der Waals surface area contributed by atoms with Gasteiger partial charge in [0.25, 0.3) is 0 Å². The summed E-state index contributed by atoms with van der Waals surface area (Å²) in [5.41, 5.74) is 0.508. The standard InChI is InChI=1S/C13H13N3O4/c1-19-11-7-12(20-2)16-10(15-11)6-9-8(13(17)18)4-3-5-14-9/h3-5,7H,6H2,1-2H3,(H,17,18). The Morgan fingerprint density at radius 2 is 1.90 bits per heavy atom. The summed E-state index contributed by atoms with van der Waals surface area (Å²) >= 11 is 0. The summed E-state index contributed by atoms with van der Waals surface area (Å²) in [5, 5.41) is 9.11. The Labute approximate surface area is 115 Å². The first-order valence-electron chi connectivity index (χ1n) is 5.77. The molecule has 0 aliphatic rings. The number of ether oxygens (including phenoxy) is 2. The number of carboxylic acid groups (broad SMARTS) is 1. The van der Waals surface area contributed by atoms with Crippen molar-refractivity contribution in [3.63, 3.8) is 0 Å². The second-order valence-electron chi connectivity index (χ2n) is 3.85. The van der Waals surface area contributed by atoms with Crippen LogP contribution < -0.4 is 9.47 Å². The first-order chi connectivity index (χ1) is 9.63. The number of nitrogens with zero attached hydrogens (tertiary/aromatic N) is 3. The zero-order valence-corrected chi connectivity index (χ0v) is 11.0. The summed E-state index contributed by atoms with van der Waals surface area (Å²) < 4.78 is 10.1. The van der Waals surface area contributed by atoms with Crippen LogP contribution in [0.3, 0.4) is 0 Å². The van der Waals surface area contributed by atoms with Crippen LogP contribution in [0, 0.1) is 0 Å². The molecule has 0 saturated carbocycles. The first-order valence-corrected chi connectivity index (χ1v) is 5.77. The molecule has 0 radical (unpaired) electrons. The molecular weight excluding hydrogens is 262 g/mol. The fraction of sp³-hybridized carbons (Fsp3) is 0.231. The van der Waals surface area contributed by atoms with Crippen LogP contribution in [-0.4, -0.2) is 40.2 Å². The van der Waals surface area contributed by atoms with Crippen LogP contribution in [0.1, 0.15) is 21.9 Å². The van der Waals surface area contributed by atoms with E-state index in [1.807, 2.05) is 0 Å². The molecule has 7 nitrogen and oxygen atoms in total. The monoisotopic (exact) mass is 275 g/mol. The van der Waals surface area contributed by atoms with Gasteiger partial charge in [-0.3, -0.25) is 4.98 Å². The van der Waals surface area contributed by atoms with Gasteiger partial charge in [-0.2, -0.15) is 9.97 Å². The van der Waals surface area contributed by atoms with Crippen LogP contribution in [-0.2, 0) is 6.42 Å². The van der Waals surface area contributed by atoms with Crippen LogP contribution >= 0.6 is 0 Å². The number of pyridine rings is 1. The van der Waals surface area contributed by atoms with E-state index >= 15 is 0 Å². The van der Waals surface area contributed by atoms with E-state index in [1.54, 1.807) is 12.1 Å². The minimum atomic E-state index is -1.04. The lowest BCUT2D eigenvalue weighted by Crippen LogP contribution is -2.08. The highest BCUT2D eigenvalue weighted by atomic mass is 16.5. The van der Waals surface area contributed by atoms with Crippen molar-refractivity contribution in [3.05, 3.63) is 41.5 Å². The van der Waals surface area contributed by atoms with Gasteiger partial charge >= 0.3 is 5.97 Å². The van der Waals surface area contributed by atoms with Gasteiger partial charge < -0.3 is 14.6 Å². The van der Waals surface area contributed by atoms with Gasteiger partial charge in [0.2, 0.25) is 11.8 Å². The summed E-state index contributed by atoms with van der Waals surface area (Å²) in [6.45, 7) is 0. The molecule has 20 heavy (non-hydrogen) atoms. The number of carbonyl (C=O) groups is 1. The van der Waals surface area contributed by atoms with E-state index in [0.29, 0.717) is 23.3 Å². The predicted molar refractivity (Wildman–Crippen MR) is 69.1 cm³/mol. The fourth-order valence-corrected chi connectivity index (χ4v) is 1.66. The second kappa shape index (κ2) is 5.96. The van der Waals surface area contributed by atoms with Crippen molar-refractivity contribution in [2.45, 2.75) is 6.42 Å². The van der Waals surface area contributed by atoms with Crippen molar-refractivity contribution in [1.82, 2.24) is 15.0 Å². The average Bonchev–Trinajstić information content (AvgIpc) is 2.47. The Morgan fingerprint density at radius 3 is 2.45 bits per heavy atom. The van der Waals surface area contributed by atoms with E-state index in [9.17, 15) is 4.79 Å². The quantitative estimate of drug-likeness (QED) is 0.875. The summed E-state index contributed by atoms with van der Waals surface area (Å²) in [6.07, 6.45) is 1.70. The number of hydrogen-bond acceptors (Lipinski definition) is 6. The molecule has 0 unspecified atom stereocenters. The molecule has 2 aromatic rings. The normalized spacial score (nSPS) is 10.1. The van der Waals surface area contributed by atoms with Gasteiger partial charge in [0.15, 0.2) is 0 Å². The molecule has 7 heteroatoms. The SMILES string of the molecule is COc1cc(OC)nc(Cc2ncccc2C(=O)O)n1. The molecule has 2 aromatic heterocycles. The lowest BCUT2D eigenvalue weighted by molar-refractivity contribution is 0.0695. The van der Waals surface area contributed by atoms with Crippen molar-refractivity contribution >= 4 is 5.97 Å². The maximum absolute atomic E-state index is 11.1. The highest BCUT2D eigenvalue weighted by Crippen LogP contribution is 2.17. The zero-order chi connectivity index (χ0) is 14.5. The molecule has 0 aliphatic carbocycles. The molecular formula is C13H13N3O4. The molecule has 0 aliphatic heterocycles. The number of hydrogen-bond donors (Lipinski definition) is 1. The van der Waals surface area contributed by atoms with Crippen molar-refractivity contribution in [3.8, 4) is 11.8 Å². The Kier molecular flexibility index (Phi) is 4.09. The van der Waals surface area contributed by atoms with Crippen LogP contribution in [0.5, 0.6) is 11.8 Å². The summed E-state index contributed by atoms with van der Waals surface area (Å²) in [7, 11) is 2.96. The highest BCUT2D eigenvalue weighted by molar-refractivity contribution is 5.88. The number of aromatic nitrogens is 3. The fourth-order valence-electron chi connectivity index (χ4n) is 1.66. The van der Waals surface area contributed by atoms with E-state index in [-0.39, 0.29) is 12.0 Å². The van der Waals surface area contributed by atoms with Gasteiger partial charge in [-0.05, 0) is 12.1 Å². The minimum Gasteiger partial charge on any atom is -0.481 e. The largest absolute Gasteiger partial charge is 0.481 e. The topological polar surface area (TPSA) is 94.4 Å². The average molecular weight is 275 g/mol. The van der Waals surface area contributed by atoms with E-state index in [2.05, 4.69) is 15.0 Å². The van der Waals surface area contributed by atoms with Crippen molar-refractivity contribution < 1.29 is 19.4 Å². The van der Waals surface area contributed by atoms with E-state index in [0.717, 1.165) is 0 Å². The molecule has 2 rings (SSSR count). The smallest absolute Gasteiger partial charge is 0.337 e. The van der Waals surface area contributed by atoms with Crippen LogP contribution in [0.2, 0.25) is 0 Å². The van der Waals surface area contributed by atoms with Crippen molar-refractivity contribution in [2.75, 3.05) is 14.2 Å². The Morgan fingerprint density at radius 1 is 1.25 bits per heavy atom. The third kappa shape index (κ3) is 3.00. The third-order valence-corrected chi connectivity index (χ3v) is 2.59. The molecule has 0 bridgehead atoms. The molecule has 0 aromatic carbocycles. The molecule has 0 fully saturated rings. The third-order valence-electron chi connectivity index (χ3n) is 2.59. The molecule has 0 saturated heterocycles. The van der Waals surface area contributed by atoms with Crippen LogP contribution in [0.15, 0.2) is 24.4 Å². The van der Waals surface area contributed by atoms with Gasteiger partial charge in [0.1, 0.15) is 5.82 Å². The summed E-state index contributed by atoms with van der Waals surface area (Å²) in [6, 6.07) is 4.60. The Hall–Kier alpha value is -2.70. The zero-order valence-electron chi connectivity index (χ0n) is 11.0. The van der Waals surface area contributed by atoms with Crippen molar-refractivity contribution in [2.24, 2.45) is 0 Å². The van der Waals surface area contributed by atoms with E-state index in [4.69, 9.17) is 14.6 Å². The predicted octanol–water partition coefficient (Wildman–Crippen LogP) is 1.18. The maximum atomic E-state index is 11.1. The molecule has 0 amide bonds. The van der Waals surface area contributed by atoms with Crippen molar-refractivity contribution in [1.29, 1.82) is 0 Å². The van der Waals surface area contributed by atoms with Gasteiger partial charge in [-0.1, -0.05) is 0 Å². The van der Waals surface area contributed by atoms with Gasteiger partial charge in [-0.15, -0.1) is 0 Å². The molecule has 0 atom stereocenters. The van der Waals surface area contributed by atoms with Crippen LogP contribution in [0.4, 0.5) is 0 Å². The summed E-state index contributed by atoms with van der Waals surface area (Å²) in [5.74, 6) is 0.0321.